The molecule has 1 aromatic rings. The van der Waals surface area contributed by atoms with Gasteiger partial charge in [-0.1, -0.05) is 18.9 Å². The van der Waals surface area contributed by atoms with Gasteiger partial charge in [0.25, 0.3) is 0 Å². The van der Waals surface area contributed by atoms with Crippen molar-refractivity contribution in [2.24, 2.45) is 11.7 Å². The summed E-state index contributed by atoms with van der Waals surface area (Å²) in [6.45, 7) is 2.82. The van der Waals surface area contributed by atoms with Crippen molar-refractivity contribution in [2.75, 3.05) is 18.5 Å². The van der Waals surface area contributed by atoms with Gasteiger partial charge in [-0.2, -0.15) is 0 Å². The lowest BCUT2D eigenvalue weighted by Gasteiger charge is -2.24. The Labute approximate surface area is 109 Å². The van der Waals surface area contributed by atoms with Crippen LogP contribution in [0.25, 0.3) is 0 Å². The maximum Gasteiger partial charge on any atom is 0.146 e. The van der Waals surface area contributed by atoms with Crippen LogP contribution in [-0.4, -0.2) is 13.6 Å². The Bertz CT molecular complexity index is 397. The van der Waals surface area contributed by atoms with Crippen LogP contribution in [-0.2, 0) is 0 Å². The van der Waals surface area contributed by atoms with E-state index < -0.39 is 0 Å². The fraction of sp³-hybridized carbons (Fsp3) is 0.600. The highest BCUT2D eigenvalue weighted by Gasteiger charge is 2.18. The van der Waals surface area contributed by atoms with E-state index in [2.05, 4.69) is 0 Å². The summed E-state index contributed by atoms with van der Waals surface area (Å²) < 4.78 is 14.0. The summed E-state index contributed by atoms with van der Waals surface area (Å²) in [6.07, 6.45) is 5.21. The maximum absolute atomic E-state index is 14.0. The van der Waals surface area contributed by atoms with E-state index in [-0.39, 0.29) is 11.9 Å². The first-order chi connectivity index (χ1) is 8.58. The highest BCUT2D eigenvalue weighted by atomic mass is 19.1. The van der Waals surface area contributed by atoms with Gasteiger partial charge in [0.15, 0.2) is 0 Å². The van der Waals surface area contributed by atoms with Crippen molar-refractivity contribution in [3.8, 4) is 0 Å². The standard InChI is InChI=1S/C15H23FN2/c1-11(17)13-7-8-15(14(16)9-13)18(2)10-12-5-3-4-6-12/h7-9,11-12H,3-6,10,17H2,1-2H3/t11-/m0/s1. The maximum atomic E-state index is 14.0. The van der Waals surface area contributed by atoms with Gasteiger partial charge >= 0.3 is 0 Å². The van der Waals surface area contributed by atoms with Crippen LogP contribution in [0.3, 0.4) is 0 Å². The lowest BCUT2D eigenvalue weighted by molar-refractivity contribution is 0.538. The molecule has 0 saturated heterocycles. The average Bonchev–Trinajstić information content (AvgIpc) is 2.81. The molecule has 0 unspecified atom stereocenters. The van der Waals surface area contributed by atoms with Crippen LogP contribution in [0.2, 0.25) is 0 Å². The van der Waals surface area contributed by atoms with Gasteiger partial charge in [0.1, 0.15) is 5.82 Å². The van der Waals surface area contributed by atoms with Crippen molar-refractivity contribution in [2.45, 2.75) is 38.6 Å². The lowest BCUT2D eigenvalue weighted by atomic mass is 10.1. The Morgan fingerprint density at radius 2 is 2.06 bits per heavy atom. The third-order valence-electron chi connectivity index (χ3n) is 3.92. The first-order valence-corrected chi connectivity index (χ1v) is 6.84. The summed E-state index contributed by atoms with van der Waals surface area (Å²) >= 11 is 0. The fourth-order valence-electron chi connectivity index (χ4n) is 2.79. The van der Waals surface area contributed by atoms with Crippen LogP contribution < -0.4 is 10.6 Å². The van der Waals surface area contributed by atoms with Gasteiger partial charge in [0.2, 0.25) is 0 Å². The molecule has 2 nitrogen and oxygen atoms in total. The number of hydrogen-bond donors (Lipinski definition) is 1. The molecule has 1 aliphatic rings. The molecule has 1 atom stereocenters. The molecule has 2 rings (SSSR count). The molecule has 1 saturated carbocycles. The lowest BCUT2D eigenvalue weighted by Crippen LogP contribution is -2.25. The highest BCUT2D eigenvalue weighted by molar-refractivity contribution is 5.49. The smallest absolute Gasteiger partial charge is 0.146 e. The molecular weight excluding hydrogens is 227 g/mol. The van der Waals surface area contributed by atoms with Gasteiger partial charge in [-0.3, -0.25) is 0 Å². The first kappa shape index (κ1) is 13.3. The van der Waals surface area contributed by atoms with Gasteiger partial charge in [0, 0.05) is 19.6 Å². The quantitative estimate of drug-likeness (QED) is 0.886. The van der Waals surface area contributed by atoms with E-state index in [0.717, 1.165) is 18.0 Å². The van der Waals surface area contributed by atoms with Crippen LogP contribution in [0.4, 0.5) is 10.1 Å². The minimum absolute atomic E-state index is 0.117. The summed E-state index contributed by atoms with van der Waals surface area (Å²) in [7, 11) is 1.97. The molecule has 0 radical (unpaired) electrons. The minimum Gasteiger partial charge on any atom is -0.372 e. The molecule has 0 spiro atoms. The van der Waals surface area contributed by atoms with Gasteiger partial charge < -0.3 is 10.6 Å². The molecule has 0 aliphatic heterocycles. The largest absolute Gasteiger partial charge is 0.372 e. The number of hydrogen-bond acceptors (Lipinski definition) is 2. The van der Waals surface area contributed by atoms with Crippen molar-refractivity contribution >= 4 is 5.69 Å². The van der Waals surface area contributed by atoms with Crippen LogP contribution in [0, 0.1) is 11.7 Å². The van der Waals surface area contributed by atoms with Crippen molar-refractivity contribution in [3.05, 3.63) is 29.6 Å². The average molecular weight is 250 g/mol. The fourth-order valence-corrected chi connectivity index (χ4v) is 2.79. The highest BCUT2D eigenvalue weighted by Crippen LogP contribution is 2.28. The Hall–Kier alpha value is -1.09. The zero-order valence-electron chi connectivity index (χ0n) is 11.3. The first-order valence-electron chi connectivity index (χ1n) is 6.84. The van der Waals surface area contributed by atoms with Crippen molar-refractivity contribution in [3.63, 3.8) is 0 Å². The van der Waals surface area contributed by atoms with E-state index in [1.54, 1.807) is 6.07 Å². The number of halogens is 1. The van der Waals surface area contributed by atoms with Crippen LogP contribution in [0.1, 0.15) is 44.2 Å². The van der Waals surface area contributed by atoms with E-state index in [0.29, 0.717) is 5.69 Å². The Morgan fingerprint density at radius 1 is 1.39 bits per heavy atom. The Morgan fingerprint density at radius 3 is 2.61 bits per heavy atom. The molecule has 1 aromatic carbocycles. The molecule has 0 bridgehead atoms. The van der Waals surface area contributed by atoms with E-state index in [4.69, 9.17) is 5.73 Å². The zero-order chi connectivity index (χ0) is 13.1. The van der Waals surface area contributed by atoms with E-state index in [1.165, 1.54) is 25.7 Å². The molecule has 0 aromatic heterocycles. The van der Waals surface area contributed by atoms with Crippen molar-refractivity contribution in [1.29, 1.82) is 0 Å². The van der Waals surface area contributed by atoms with Crippen LogP contribution in [0.15, 0.2) is 18.2 Å². The molecule has 1 aliphatic carbocycles. The Balaban J connectivity index is 2.07. The van der Waals surface area contributed by atoms with Gasteiger partial charge in [-0.25, -0.2) is 4.39 Å². The third kappa shape index (κ3) is 3.02. The normalized spacial score (nSPS) is 18.0. The monoisotopic (exact) mass is 250 g/mol. The zero-order valence-corrected chi connectivity index (χ0v) is 11.3. The molecule has 0 heterocycles. The van der Waals surface area contributed by atoms with E-state index in [1.807, 2.05) is 31.0 Å². The van der Waals surface area contributed by atoms with Crippen molar-refractivity contribution < 1.29 is 4.39 Å². The number of benzene rings is 1. The summed E-state index contributed by atoms with van der Waals surface area (Å²) in [5, 5.41) is 0. The molecule has 0 amide bonds. The van der Waals surface area contributed by atoms with Crippen LogP contribution in [0.5, 0.6) is 0 Å². The molecule has 18 heavy (non-hydrogen) atoms. The summed E-state index contributed by atoms with van der Waals surface area (Å²) in [5.41, 5.74) is 7.30. The van der Waals surface area contributed by atoms with Crippen LogP contribution >= 0.6 is 0 Å². The number of anilines is 1. The summed E-state index contributed by atoms with van der Waals surface area (Å²) in [5.74, 6) is 0.563. The Kier molecular flexibility index (Phi) is 4.23. The predicted octanol–water partition coefficient (Wildman–Crippen LogP) is 3.47. The second-order valence-corrected chi connectivity index (χ2v) is 5.53. The minimum atomic E-state index is -0.162. The van der Waals surface area contributed by atoms with Gasteiger partial charge in [-0.15, -0.1) is 0 Å². The summed E-state index contributed by atoms with van der Waals surface area (Å²) in [4.78, 5) is 2.04. The number of rotatable bonds is 4. The van der Waals surface area contributed by atoms with Gasteiger partial charge in [-0.05, 0) is 43.4 Å². The predicted molar refractivity (Wildman–Crippen MR) is 74.2 cm³/mol. The second kappa shape index (κ2) is 5.70. The molecular formula is C15H23FN2. The molecule has 100 valence electrons. The topological polar surface area (TPSA) is 29.3 Å². The molecule has 2 N–H and O–H groups in total. The third-order valence-corrected chi connectivity index (χ3v) is 3.92. The number of nitrogens with zero attached hydrogens (tertiary/aromatic N) is 1. The molecule has 3 heteroatoms. The number of nitrogens with two attached hydrogens (primary N) is 1. The SMILES string of the molecule is C[C@H](N)c1ccc(N(C)CC2CCCC2)c(F)c1. The van der Waals surface area contributed by atoms with E-state index in [9.17, 15) is 4.39 Å². The summed E-state index contributed by atoms with van der Waals surface area (Å²) in [6, 6.07) is 5.22. The van der Waals surface area contributed by atoms with E-state index >= 15 is 0 Å². The molecule has 1 fully saturated rings. The van der Waals surface area contributed by atoms with Crippen molar-refractivity contribution in [1.82, 2.24) is 0 Å². The van der Waals surface area contributed by atoms with Gasteiger partial charge in [0.05, 0.1) is 5.69 Å². The second-order valence-electron chi connectivity index (χ2n) is 5.53.